The van der Waals surface area contributed by atoms with Crippen molar-refractivity contribution in [1.82, 2.24) is 10.2 Å². The fourth-order valence-electron chi connectivity index (χ4n) is 2.47. The first kappa shape index (κ1) is 14.6. The van der Waals surface area contributed by atoms with E-state index < -0.39 is 0 Å². The van der Waals surface area contributed by atoms with Gasteiger partial charge in [-0.2, -0.15) is 0 Å². The smallest absolute Gasteiger partial charge is 0.298 e. The minimum Gasteiger partial charge on any atom is -0.332 e. The minimum absolute atomic E-state index is 0.0677. The van der Waals surface area contributed by atoms with Crippen LogP contribution < -0.4 is 5.32 Å². The highest BCUT2D eigenvalue weighted by atomic mass is 16.2. The van der Waals surface area contributed by atoms with Gasteiger partial charge < -0.3 is 10.2 Å². The van der Waals surface area contributed by atoms with Crippen LogP contribution in [-0.2, 0) is 4.79 Å². The van der Waals surface area contributed by atoms with Gasteiger partial charge in [0.2, 0.25) is 0 Å². The monoisotopic (exact) mass is 270 g/mol. The zero-order valence-corrected chi connectivity index (χ0v) is 12.1. The van der Waals surface area contributed by atoms with Gasteiger partial charge in [0.1, 0.15) is 0 Å². The van der Waals surface area contributed by atoms with E-state index in [0.29, 0.717) is 5.92 Å². The van der Waals surface area contributed by atoms with Crippen molar-refractivity contribution in [2.24, 2.45) is 5.92 Å². The van der Waals surface area contributed by atoms with Crippen LogP contribution in [0.2, 0.25) is 0 Å². The van der Waals surface area contributed by atoms with Gasteiger partial charge in [-0.3, -0.25) is 4.79 Å². The summed E-state index contributed by atoms with van der Waals surface area (Å²) in [4.78, 5) is 14.0. The van der Waals surface area contributed by atoms with E-state index in [1.807, 2.05) is 42.2 Å². The predicted molar refractivity (Wildman–Crippen MR) is 81.2 cm³/mol. The van der Waals surface area contributed by atoms with Crippen LogP contribution in [0.5, 0.6) is 0 Å². The summed E-state index contributed by atoms with van der Waals surface area (Å²) in [5.41, 5.74) is 0.885. The Bertz CT molecular complexity index is 481. The third kappa shape index (κ3) is 4.40. The van der Waals surface area contributed by atoms with E-state index in [0.717, 1.165) is 31.7 Å². The van der Waals surface area contributed by atoms with Gasteiger partial charge >= 0.3 is 0 Å². The summed E-state index contributed by atoms with van der Waals surface area (Å²) in [6, 6.07) is 9.64. The van der Waals surface area contributed by atoms with Crippen LogP contribution in [0.25, 0.3) is 0 Å². The number of hydrogen-bond donors (Lipinski definition) is 1. The Labute approximate surface area is 121 Å². The lowest BCUT2D eigenvalue weighted by molar-refractivity contribution is -0.125. The molecule has 1 atom stereocenters. The molecule has 0 saturated carbocycles. The largest absolute Gasteiger partial charge is 0.332 e. The molecule has 0 aromatic heterocycles. The van der Waals surface area contributed by atoms with Crippen molar-refractivity contribution in [1.29, 1.82) is 0 Å². The van der Waals surface area contributed by atoms with Crippen LogP contribution >= 0.6 is 0 Å². The number of nitrogens with one attached hydrogen (secondary N) is 1. The van der Waals surface area contributed by atoms with Gasteiger partial charge in [-0.15, -0.1) is 0 Å². The van der Waals surface area contributed by atoms with E-state index >= 15 is 0 Å². The van der Waals surface area contributed by atoms with E-state index in [2.05, 4.69) is 17.2 Å². The quantitative estimate of drug-likeness (QED) is 0.851. The Balaban J connectivity index is 1.93. The Morgan fingerprint density at radius 3 is 2.85 bits per heavy atom. The van der Waals surface area contributed by atoms with Gasteiger partial charge in [0.05, 0.1) is 0 Å². The molecule has 1 saturated heterocycles. The summed E-state index contributed by atoms with van der Waals surface area (Å²) in [5.74, 6) is 6.19. The molecule has 1 aliphatic rings. The predicted octanol–water partition coefficient (Wildman–Crippen LogP) is 1.89. The van der Waals surface area contributed by atoms with Crippen molar-refractivity contribution in [2.75, 3.05) is 26.2 Å². The summed E-state index contributed by atoms with van der Waals surface area (Å²) in [7, 11) is 0. The number of rotatable bonds is 3. The van der Waals surface area contributed by atoms with Gasteiger partial charge in [0.15, 0.2) is 0 Å². The molecule has 0 aliphatic carbocycles. The fraction of sp³-hybridized carbons (Fsp3) is 0.471. The van der Waals surface area contributed by atoms with Crippen molar-refractivity contribution < 1.29 is 4.79 Å². The molecule has 1 amide bonds. The maximum Gasteiger partial charge on any atom is 0.298 e. The standard InChI is InChI=1S/C17H22N2O/c1-2-19(14-16-9-6-12-18-13-16)17(20)11-10-15-7-4-3-5-8-15/h3-5,7-8,16,18H,2,6,9,12-14H2,1H3. The molecule has 0 radical (unpaired) electrons. The van der Waals surface area contributed by atoms with Crippen molar-refractivity contribution in [3.63, 3.8) is 0 Å². The number of piperidine rings is 1. The third-order valence-corrected chi connectivity index (χ3v) is 3.63. The molecular formula is C17H22N2O. The van der Waals surface area contributed by atoms with Crippen molar-refractivity contribution in [2.45, 2.75) is 19.8 Å². The molecule has 2 rings (SSSR count). The number of amides is 1. The SMILES string of the molecule is CCN(CC1CCCNC1)C(=O)C#Cc1ccccc1. The van der Waals surface area contributed by atoms with E-state index in [4.69, 9.17) is 0 Å². The average molecular weight is 270 g/mol. The molecule has 1 aromatic carbocycles. The zero-order chi connectivity index (χ0) is 14.2. The summed E-state index contributed by atoms with van der Waals surface area (Å²) in [5, 5.41) is 3.39. The molecule has 1 fully saturated rings. The van der Waals surface area contributed by atoms with Crippen LogP contribution in [0.3, 0.4) is 0 Å². The Morgan fingerprint density at radius 2 is 2.20 bits per heavy atom. The minimum atomic E-state index is -0.0677. The number of nitrogens with zero attached hydrogens (tertiary/aromatic N) is 1. The molecule has 0 bridgehead atoms. The summed E-state index contributed by atoms with van der Waals surface area (Å²) >= 11 is 0. The van der Waals surface area contributed by atoms with E-state index in [9.17, 15) is 4.79 Å². The van der Waals surface area contributed by atoms with Crippen LogP contribution in [0.15, 0.2) is 30.3 Å². The summed E-state index contributed by atoms with van der Waals surface area (Å²) in [6.45, 7) is 5.66. The van der Waals surface area contributed by atoms with Crippen LogP contribution in [-0.4, -0.2) is 37.0 Å². The topological polar surface area (TPSA) is 32.3 Å². The molecule has 1 aromatic rings. The van der Waals surface area contributed by atoms with Crippen molar-refractivity contribution >= 4 is 5.91 Å². The van der Waals surface area contributed by atoms with Crippen LogP contribution in [0.4, 0.5) is 0 Å². The number of carbonyl (C=O) groups excluding carboxylic acids is 1. The lowest BCUT2D eigenvalue weighted by atomic mass is 9.99. The fourth-order valence-corrected chi connectivity index (χ4v) is 2.47. The second-order valence-corrected chi connectivity index (χ2v) is 5.17. The number of carbonyl (C=O) groups is 1. The van der Waals surface area contributed by atoms with E-state index in [1.54, 1.807) is 0 Å². The lowest BCUT2D eigenvalue weighted by Crippen LogP contribution is -2.40. The van der Waals surface area contributed by atoms with Gasteiger partial charge in [-0.1, -0.05) is 24.1 Å². The molecule has 3 nitrogen and oxygen atoms in total. The Hall–Kier alpha value is -1.79. The molecular weight excluding hydrogens is 248 g/mol. The molecule has 1 aliphatic heterocycles. The third-order valence-electron chi connectivity index (χ3n) is 3.63. The normalized spacial score (nSPS) is 17.9. The Morgan fingerprint density at radius 1 is 1.40 bits per heavy atom. The van der Waals surface area contributed by atoms with Crippen molar-refractivity contribution in [3.8, 4) is 11.8 Å². The molecule has 1 N–H and O–H groups in total. The van der Waals surface area contributed by atoms with E-state index in [1.165, 1.54) is 12.8 Å². The molecule has 1 unspecified atom stereocenters. The molecule has 106 valence electrons. The van der Waals surface area contributed by atoms with Gasteiger partial charge in [-0.05, 0) is 50.9 Å². The Kier molecular flexibility index (Phi) is 5.64. The maximum atomic E-state index is 12.2. The molecule has 20 heavy (non-hydrogen) atoms. The lowest BCUT2D eigenvalue weighted by Gasteiger charge is -2.28. The van der Waals surface area contributed by atoms with Gasteiger partial charge in [-0.25, -0.2) is 0 Å². The molecule has 0 spiro atoms. The van der Waals surface area contributed by atoms with Crippen molar-refractivity contribution in [3.05, 3.63) is 35.9 Å². The maximum absolute atomic E-state index is 12.2. The second-order valence-electron chi connectivity index (χ2n) is 5.17. The highest BCUT2D eigenvalue weighted by Crippen LogP contribution is 2.11. The van der Waals surface area contributed by atoms with Crippen LogP contribution in [0, 0.1) is 17.8 Å². The highest BCUT2D eigenvalue weighted by molar-refractivity contribution is 5.94. The highest BCUT2D eigenvalue weighted by Gasteiger charge is 2.18. The first-order chi connectivity index (χ1) is 9.79. The molecule has 3 heteroatoms. The van der Waals surface area contributed by atoms with Gasteiger partial charge in [0, 0.05) is 24.6 Å². The molecule has 1 heterocycles. The number of benzene rings is 1. The van der Waals surface area contributed by atoms with Gasteiger partial charge in [0.25, 0.3) is 5.91 Å². The van der Waals surface area contributed by atoms with E-state index in [-0.39, 0.29) is 5.91 Å². The first-order valence-electron chi connectivity index (χ1n) is 7.36. The second kappa shape index (κ2) is 7.72. The first-order valence-corrected chi connectivity index (χ1v) is 7.36. The summed E-state index contributed by atoms with van der Waals surface area (Å²) < 4.78 is 0. The zero-order valence-electron chi connectivity index (χ0n) is 12.1. The average Bonchev–Trinajstić information content (AvgIpc) is 2.52. The number of hydrogen-bond acceptors (Lipinski definition) is 2. The van der Waals surface area contributed by atoms with Crippen LogP contribution in [0.1, 0.15) is 25.3 Å². The summed E-state index contributed by atoms with van der Waals surface area (Å²) in [6.07, 6.45) is 2.40.